The van der Waals surface area contributed by atoms with E-state index in [2.05, 4.69) is 20.3 Å². The van der Waals surface area contributed by atoms with E-state index in [0.29, 0.717) is 17.3 Å². The van der Waals surface area contributed by atoms with E-state index in [4.69, 9.17) is 16.3 Å². The quantitative estimate of drug-likeness (QED) is 0.913. The second-order valence-corrected chi connectivity index (χ2v) is 4.71. The van der Waals surface area contributed by atoms with E-state index in [1.807, 2.05) is 33.0 Å². The molecule has 0 amide bonds. The summed E-state index contributed by atoms with van der Waals surface area (Å²) < 4.78 is 10.4. The maximum Gasteiger partial charge on any atom is 0.145 e. The monoisotopic (exact) mass is 281 g/mol. The lowest BCUT2D eigenvalue weighted by Crippen LogP contribution is -2.14. The first-order chi connectivity index (χ1) is 9.11. The minimum absolute atomic E-state index is 0.144. The maximum atomic E-state index is 6.02. The number of aryl methyl sites for hydroxylation is 1. The van der Waals surface area contributed by atoms with Crippen LogP contribution >= 0.6 is 11.6 Å². The van der Waals surface area contributed by atoms with E-state index >= 15 is 0 Å². The number of halogens is 1. The Balaban J connectivity index is 2.18. The van der Waals surface area contributed by atoms with Gasteiger partial charge in [0.2, 0.25) is 0 Å². The molecular weight excluding hydrogens is 266 g/mol. The van der Waals surface area contributed by atoms with Crippen molar-refractivity contribution in [2.24, 2.45) is 0 Å². The Bertz CT molecular complexity index is 557. The van der Waals surface area contributed by atoms with Crippen molar-refractivity contribution < 1.29 is 9.37 Å². The molecule has 0 saturated carbocycles. The third-order valence-corrected chi connectivity index (χ3v) is 3.22. The van der Waals surface area contributed by atoms with E-state index in [9.17, 15) is 0 Å². The summed E-state index contributed by atoms with van der Waals surface area (Å²) in [5.74, 6) is 0.772. The summed E-state index contributed by atoms with van der Waals surface area (Å²) in [5.41, 5.74) is 2.43. The fourth-order valence-electron chi connectivity index (χ4n) is 1.67. The molecule has 0 fully saturated rings. The van der Waals surface area contributed by atoms with Crippen molar-refractivity contribution in [1.29, 1.82) is 0 Å². The second kappa shape index (κ2) is 6.04. The topological polar surface area (TPSA) is 60.2 Å². The maximum absolute atomic E-state index is 6.02. The third-order valence-electron chi connectivity index (χ3n) is 2.98. The van der Waals surface area contributed by atoms with E-state index in [-0.39, 0.29) is 6.04 Å². The molecule has 6 heteroatoms. The molecule has 1 unspecified atom stereocenters. The average molecular weight is 282 g/mol. The lowest BCUT2D eigenvalue weighted by Gasteiger charge is -2.16. The number of ether oxygens (including phenoxy) is 1. The van der Waals surface area contributed by atoms with Crippen LogP contribution in [-0.4, -0.2) is 17.4 Å². The molecule has 19 heavy (non-hydrogen) atoms. The van der Waals surface area contributed by atoms with E-state index < -0.39 is 0 Å². The van der Waals surface area contributed by atoms with Gasteiger partial charge < -0.3 is 10.1 Å². The molecule has 0 bridgehead atoms. The summed E-state index contributed by atoms with van der Waals surface area (Å²) in [7, 11) is 1.89. The first-order valence-electron chi connectivity index (χ1n) is 5.99. The lowest BCUT2D eigenvalue weighted by molar-refractivity contribution is 0.267. The van der Waals surface area contributed by atoms with Crippen LogP contribution in [0.1, 0.15) is 29.9 Å². The predicted octanol–water partition coefficient (Wildman–Crippen LogP) is 2.89. The fraction of sp³-hybridized carbons (Fsp3) is 0.385. The highest BCUT2D eigenvalue weighted by Crippen LogP contribution is 2.28. The van der Waals surface area contributed by atoms with Crippen LogP contribution in [0.4, 0.5) is 0 Å². The van der Waals surface area contributed by atoms with Gasteiger partial charge in [-0.3, -0.25) is 0 Å². The highest BCUT2D eigenvalue weighted by atomic mass is 35.5. The van der Waals surface area contributed by atoms with Gasteiger partial charge in [-0.1, -0.05) is 21.9 Å². The van der Waals surface area contributed by atoms with E-state index in [0.717, 1.165) is 17.0 Å². The normalized spacial score (nSPS) is 12.4. The van der Waals surface area contributed by atoms with Gasteiger partial charge in [0, 0.05) is 16.6 Å². The van der Waals surface area contributed by atoms with Crippen LogP contribution in [0.3, 0.4) is 0 Å². The van der Waals surface area contributed by atoms with Crippen LogP contribution in [0.25, 0.3) is 0 Å². The van der Waals surface area contributed by atoms with Crippen molar-refractivity contribution >= 4 is 11.6 Å². The SMILES string of the molecule is CNC(C)c1cc(Cl)ccc1OCc1nonc1C. The summed E-state index contributed by atoms with van der Waals surface area (Å²) in [4.78, 5) is 0. The minimum atomic E-state index is 0.144. The number of benzene rings is 1. The molecule has 102 valence electrons. The molecule has 1 aromatic carbocycles. The molecule has 0 aliphatic heterocycles. The molecular formula is C13H16ClN3O2. The number of nitrogens with zero attached hydrogens (tertiary/aromatic N) is 2. The van der Waals surface area contributed by atoms with Crippen molar-refractivity contribution in [2.45, 2.75) is 26.5 Å². The van der Waals surface area contributed by atoms with Crippen molar-refractivity contribution in [3.63, 3.8) is 0 Å². The van der Waals surface area contributed by atoms with Gasteiger partial charge in [0.05, 0.1) is 0 Å². The molecule has 1 heterocycles. The van der Waals surface area contributed by atoms with Gasteiger partial charge in [0.25, 0.3) is 0 Å². The Morgan fingerprint density at radius 1 is 1.42 bits per heavy atom. The molecule has 0 saturated heterocycles. The van der Waals surface area contributed by atoms with Gasteiger partial charge >= 0.3 is 0 Å². The van der Waals surface area contributed by atoms with E-state index in [1.165, 1.54) is 0 Å². The Morgan fingerprint density at radius 2 is 2.21 bits per heavy atom. The average Bonchev–Trinajstić information content (AvgIpc) is 2.82. The van der Waals surface area contributed by atoms with Crippen LogP contribution in [0.2, 0.25) is 5.02 Å². The number of nitrogens with one attached hydrogen (secondary N) is 1. The summed E-state index contributed by atoms with van der Waals surface area (Å²) in [6, 6.07) is 5.70. The van der Waals surface area contributed by atoms with Crippen molar-refractivity contribution in [3.05, 3.63) is 40.2 Å². The molecule has 5 nitrogen and oxygen atoms in total. The summed E-state index contributed by atoms with van der Waals surface area (Å²) in [6.45, 7) is 4.19. The van der Waals surface area contributed by atoms with Crippen LogP contribution in [0, 0.1) is 6.92 Å². The highest BCUT2D eigenvalue weighted by molar-refractivity contribution is 6.30. The standard InChI is InChI=1S/C13H16ClN3O2/c1-8(15-3)11-6-10(14)4-5-13(11)18-7-12-9(2)16-19-17-12/h4-6,8,15H,7H2,1-3H3. The summed E-state index contributed by atoms with van der Waals surface area (Å²) in [5, 5.41) is 11.4. The largest absolute Gasteiger partial charge is 0.487 e. The van der Waals surface area contributed by atoms with Gasteiger partial charge in [0.1, 0.15) is 23.7 Å². The Labute approximate surface area is 116 Å². The molecule has 1 atom stereocenters. The lowest BCUT2D eigenvalue weighted by atomic mass is 10.1. The molecule has 1 N–H and O–H groups in total. The number of hydrogen-bond donors (Lipinski definition) is 1. The molecule has 0 aliphatic carbocycles. The zero-order valence-electron chi connectivity index (χ0n) is 11.1. The van der Waals surface area contributed by atoms with Crippen molar-refractivity contribution in [3.8, 4) is 5.75 Å². The molecule has 0 aliphatic rings. The predicted molar refractivity (Wildman–Crippen MR) is 72.3 cm³/mol. The van der Waals surface area contributed by atoms with Crippen LogP contribution < -0.4 is 10.1 Å². The van der Waals surface area contributed by atoms with Crippen LogP contribution in [-0.2, 0) is 6.61 Å². The van der Waals surface area contributed by atoms with Gasteiger partial charge in [-0.25, -0.2) is 4.63 Å². The van der Waals surface area contributed by atoms with Crippen molar-refractivity contribution in [1.82, 2.24) is 15.6 Å². The number of hydrogen-bond acceptors (Lipinski definition) is 5. The van der Waals surface area contributed by atoms with E-state index in [1.54, 1.807) is 6.07 Å². The smallest absolute Gasteiger partial charge is 0.145 e. The van der Waals surface area contributed by atoms with Crippen LogP contribution in [0.5, 0.6) is 5.75 Å². The highest BCUT2D eigenvalue weighted by Gasteiger charge is 2.13. The minimum Gasteiger partial charge on any atom is -0.487 e. The van der Waals surface area contributed by atoms with Gasteiger partial charge in [-0.15, -0.1) is 0 Å². The van der Waals surface area contributed by atoms with Crippen LogP contribution in [0.15, 0.2) is 22.8 Å². The Morgan fingerprint density at radius 3 is 2.84 bits per heavy atom. The summed E-state index contributed by atoms with van der Waals surface area (Å²) in [6.07, 6.45) is 0. The van der Waals surface area contributed by atoms with Gasteiger partial charge in [0.15, 0.2) is 0 Å². The van der Waals surface area contributed by atoms with Gasteiger partial charge in [-0.05, 0) is 39.1 Å². The molecule has 2 rings (SSSR count). The Hall–Kier alpha value is -1.59. The number of rotatable bonds is 5. The Kier molecular flexibility index (Phi) is 4.39. The molecule has 1 aromatic heterocycles. The zero-order chi connectivity index (χ0) is 13.8. The fourth-order valence-corrected chi connectivity index (χ4v) is 1.85. The second-order valence-electron chi connectivity index (χ2n) is 4.28. The molecule has 0 spiro atoms. The van der Waals surface area contributed by atoms with Crippen molar-refractivity contribution in [2.75, 3.05) is 7.05 Å². The molecule has 2 aromatic rings. The first kappa shape index (κ1) is 13.8. The van der Waals surface area contributed by atoms with Gasteiger partial charge in [-0.2, -0.15) is 0 Å². The number of aromatic nitrogens is 2. The summed E-state index contributed by atoms with van der Waals surface area (Å²) >= 11 is 6.02. The molecule has 0 radical (unpaired) electrons. The first-order valence-corrected chi connectivity index (χ1v) is 6.37. The third kappa shape index (κ3) is 3.24. The zero-order valence-corrected chi connectivity index (χ0v) is 11.9.